The van der Waals surface area contributed by atoms with Crippen molar-refractivity contribution in [3.8, 4) is 0 Å². The maximum Gasteiger partial charge on any atom is 0.257 e. The zero-order valence-electron chi connectivity index (χ0n) is 15.7. The fourth-order valence-corrected chi connectivity index (χ4v) is 3.91. The normalized spacial score (nSPS) is 10.6. The fraction of sp³-hybridized carbons (Fsp3) is 0.190. The number of nitrogens with zero attached hydrogens (tertiary/aromatic N) is 1. The molecule has 1 aromatic heterocycles. The summed E-state index contributed by atoms with van der Waals surface area (Å²) < 4.78 is 0. The van der Waals surface area contributed by atoms with Gasteiger partial charge in [-0.2, -0.15) is 0 Å². The van der Waals surface area contributed by atoms with Crippen LogP contribution in [0.5, 0.6) is 0 Å². The van der Waals surface area contributed by atoms with Crippen LogP contribution in [0.4, 0.5) is 5.13 Å². The number of nitrogens with one attached hydrogen (secondary N) is 2. The second-order valence-corrected chi connectivity index (χ2v) is 8.31. The zero-order valence-corrected chi connectivity index (χ0v) is 18.0. The van der Waals surface area contributed by atoms with Crippen LogP contribution < -0.4 is 10.6 Å². The van der Waals surface area contributed by atoms with Crippen molar-refractivity contribution in [2.45, 2.75) is 19.8 Å². The predicted octanol–water partition coefficient (Wildman–Crippen LogP) is 4.97. The number of aromatic nitrogens is 1. The number of carbonyl (C=O) groups excluding carboxylic acids is 2. The number of rotatable bonds is 7. The van der Waals surface area contributed by atoms with Gasteiger partial charge in [0.05, 0.1) is 10.0 Å². The second kappa shape index (κ2) is 9.87. The molecule has 0 unspecified atom stereocenters. The van der Waals surface area contributed by atoms with Crippen LogP contribution in [0, 0.1) is 0 Å². The van der Waals surface area contributed by atoms with Crippen LogP contribution in [0.1, 0.15) is 33.3 Å². The predicted molar refractivity (Wildman–Crippen MR) is 118 cm³/mol. The summed E-state index contributed by atoms with van der Waals surface area (Å²) in [6.45, 7) is 2.06. The van der Waals surface area contributed by atoms with E-state index in [9.17, 15) is 9.59 Å². The molecule has 8 heteroatoms. The molecule has 0 aliphatic carbocycles. The topological polar surface area (TPSA) is 71.1 Å². The molecule has 2 amide bonds. The van der Waals surface area contributed by atoms with Gasteiger partial charge in [-0.3, -0.25) is 14.9 Å². The summed E-state index contributed by atoms with van der Waals surface area (Å²) in [5.74, 6) is -0.276. The van der Waals surface area contributed by atoms with Crippen molar-refractivity contribution in [2.24, 2.45) is 0 Å². The summed E-state index contributed by atoms with van der Waals surface area (Å²) in [6.07, 6.45) is 3.03. The first-order chi connectivity index (χ1) is 13.9. The lowest BCUT2D eigenvalue weighted by Gasteiger charge is -2.05. The molecule has 5 nitrogen and oxygen atoms in total. The third-order valence-corrected chi connectivity index (χ3v) is 5.94. The van der Waals surface area contributed by atoms with Crippen molar-refractivity contribution in [3.05, 3.63) is 80.3 Å². The highest BCUT2D eigenvalue weighted by Gasteiger charge is 2.11. The minimum absolute atomic E-state index is 0.0542. The van der Waals surface area contributed by atoms with Gasteiger partial charge < -0.3 is 5.32 Å². The molecular formula is C21H19Cl2N3O2S. The SMILES string of the molecule is CC(=O)NCCc1ccc(C(=O)Nc2ncc(Cc3cccc(Cl)c3Cl)s2)cc1. The lowest BCUT2D eigenvalue weighted by atomic mass is 10.1. The minimum Gasteiger partial charge on any atom is -0.356 e. The quantitative estimate of drug-likeness (QED) is 0.536. The van der Waals surface area contributed by atoms with Gasteiger partial charge in [0.25, 0.3) is 5.91 Å². The third kappa shape index (κ3) is 6.03. The van der Waals surface area contributed by atoms with E-state index in [1.54, 1.807) is 24.4 Å². The van der Waals surface area contributed by atoms with Crippen LogP contribution in [0.25, 0.3) is 0 Å². The van der Waals surface area contributed by atoms with Gasteiger partial charge in [-0.25, -0.2) is 4.98 Å². The molecule has 0 bridgehead atoms. The zero-order chi connectivity index (χ0) is 20.8. The summed E-state index contributed by atoms with van der Waals surface area (Å²) in [6, 6.07) is 12.8. The van der Waals surface area contributed by atoms with E-state index in [1.807, 2.05) is 24.3 Å². The van der Waals surface area contributed by atoms with Gasteiger partial charge in [-0.05, 0) is 35.7 Å². The van der Waals surface area contributed by atoms with Gasteiger partial charge in [-0.15, -0.1) is 11.3 Å². The van der Waals surface area contributed by atoms with E-state index in [0.29, 0.717) is 40.1 Å². The van der Waals surface area contributed by atoms with Crippen LogP contribution in [0.15, 0.2) is 48.7 Å². The molecule has 0 atom stereocenters. The Morgan fingerprint density at radius 3 is 2.59 bits per heavy atom. The van der Waals surface area contributed by atoms with Crippen LogP contribution in [-0.4, -0.2) is 23.3 Å². The molecule has 2 N–H and O–H groups in total. The summed E-state index contributed by atoms with van der Waals surface area (Å²) in [5.41, 5.74) is 2.50. The molecule has 2 aromatic carbocycles. The highest BCUT2D eigenvalue weighted by atomic mass is 35.5. The number of thiazole rings is 1. The maximum absolute atomic E-state index is 12.5. The number of benzene rings is 2. The molecule has 150 valence electrons. The molecule has 3 rings (SSSR count). The largest absolute Gasteiger partial charge is 0.356 e. The summed E-state index contributed by atoms with van der Waals surface area (Å²) in [5, 5.41) is 7.15. The number of halogens is 2. The Hall–Kier alpha value is -2.41. The van der Waals surface area contributed by atoms with E-state index in [4.69, 9.17) is 23.2 Å². The van der Waals surface area contributed by atoms with Gasteiger partial charge in [0, 0.05) is 36.5 Å². The Balaban J connectivity index is 1.58. The standard InChI is InChI=1S/C21H19Cl2N3O2S/c1-13(27)24-10-9-14-5-7-15(8-6-14)20(28)26-21-25-12-17(29-21)11-16-3-2-4-18(22)19(16)23/h2-8,12H,9-11H2,1H3,(H,24,27)(H,25,26,28). The fourth-order valence-electron chi connectivity index (χ4n) is 2.69. The van der Waals surface area contributed by atoms with E-state index in [-0.39, 0.29) is 11.8 Å². The smallest absolute Gasteiger partial charge is 0.257 e. The summed E-state index contributed by atoms with van der Waals surface area (Å²) >= 11 is 13.7. The van der Waals surface area contributed by atoms with Crippen molar-refractivity contribution < 1.29 is 9.59 Å². The highest BCUT2D eigenvalue weighted by Crippen LogP contribution is 2.29. The van der Waals surface area contributed by atoms with Crippen molar-refractivity contribution in [1.82, 2.24) is 10.3 Å². The highest BCUT2D eigenvalue weighted by molar-refractivity contribution is 7.15. The molecule has 0 spiro atoms. The first-order valence-electron chi connectivity index (χ1n) is 8.94. The van der Waals surface area contributed by atoms with E-state index < -0.39 is 0 Å². The number of hydrogen-bond acceptors (Lipinski definition) is 4. The van der Waals surface area contributed by atoms with E-state index in [1.165, 1.54) is 18.3 Å². The van der Waals surface area contributed by atoms with Crippen molar-refractivity contribution >= 4 is 51.5 Å². The van der Waals surface area contributed by atoms with E-state index in [2.05, 4.69) is 15.6 Å². The Morgan fingerprint density at radius 1 is 1.10 bits per heavy atom. The Kier molecular flexibility index (Phi) is 7.25. The van der Waals surface area contributed by atoms with E-state index >= 15 is 0 Å². The van der Waals surface area contributed by atoms with Crippen LogP contribution in [0.3, 0.4) is 0 Å². The van der Waals surface area contributed by atoms with Crippen molar-refractivity contribution in [1.29, 1.82) is 0 Å². The van der Waals surface area contributed by atoms with Gasteiger partial charge in [-0.1, -0.05) is 47.5 Å². The maximum atomic E-state index is 12.5. The molecule has 0 saturated carbocycles. The molecular weight excluding hydrogens is 429 g/mol. The van der Waals surface area contributed by atoms with Gasteiger partial charge in [0.2, 0.25) is 5.91 Å². The molecule has 1 heterocycles. The first-order valence-corrected chi connectivity index (χ1v) is 10.5. The van der Waals surface area contributed by atoms with Crippen LogP contribution >= 0.6 is 34.5 Å². The number of anilines is 1. The molecule has 29 heavy (non-hydrogen) atoms. The Labute approximate surface area is 183 Å². The molecule has 0 aliphatic heterocycles. The monoisotopic (exact) mass is 447 g/mol. The average molecular weight is 448 g/mol. The van der Waals surface area contributed by atoms with Gasteiger partial charge in [0.15, 0.2) is 5.13 Å². The molecule has 0 aliphatic rings. The van der Waals surface area contributed by atoms with Crippen molar-refractivity contribution in [3.63, 3.8) is 0 Å². The minimum atomic E-state index is -0.222. The second-order valence-electron chi connectivity index (χ2n) is 6.41. The van der Waals surface area contributed by atoms with Gasteiger partial charge >= 0.3 is 0 Å². The first kappa shape index (κ1) is 21.3. The summed E-state index contributed by atoms with van der Waals surface area (Å²) in [7, 11) is 0. The molecule has 3 aromatic rings. The van der Waals surface area contributed by atoms with Crippen LogP contribution in [-0.2, 0) is 17.6 Å². The van der Waals surface area contributed by atoms with Crippen molar-refractivity contribution in [2.75, 3.05) is 11.9 Å². The number of carbonyl (C=O) groups is 2. The molecule has 0 fully saturated rings. The lowest BCUT2D eigenvalue weighted by Crippen LogP contribution is -2.22. The Morgan fingerprint density at radius 2 is 1.86 bits per heavy atom. The third-order valence-electron chi connectivity index (χ3n) is 4.17. The number of hydrogen-bond donors (Lipinski definition) is 2. The van der Waals surface area contributed by atoms with Crippen LogP contribution in [0.2, 0.25) is 10.0 Å². The van der Waals surface area contributed by atoms with Gasteiger partial charge in [0.1, 0.15) is 0 Å². The average Bonchev–Trinajstić information content (AvgIpc) is 3.12. The molecule has 0 saturated heterocycles. The van der Waals surface area contributed by atoms with E-state index in [0.717, 1.165) is 16.0 Å². The molecule has 0 radical (unpaired) electrons. The number of amides is 2. The summed E-state index contributed by atoms with van der Waals surface area (Å²) in [4.78, 5) is 28.6. The lowest BCUT2D eigenvalue weighted by molar-refractivity contribution is -0.118. The Bertz CT molecular complexity index is 1020.